The van der Waals surface area contributed by atoms with Gasteiger partial charge in [-0.2, -0.15) is 0 Å². The molecule has 21 heavy (non-hydrogen) atoms. The van der Waals surface area contributed by atoms with E-state index in [0.29, 0.717) is 12.1 Å². The lowest BCUT2D eigenvalue weighted by Crippen LogP contribution is -2.62. The van der Waals surface area contributed by atoms with Crippen LogP contribution in [0, 0.1) is 5.92 Å². The van der Waals surface area contributed by atoms with E-state index in [1.807, 2.05) is 0 Å². The predicted molar refractivity (Wildman–Crippen MR) is 89.4 cm³/mol. The molecular weight excluding hydrogens is 256 g/mol. The Morgan fingerprint density at radius 1 is 1.00 bits per heavy atom. The lowest BCUT2D eigenvalue weighted by Gasteiger charge is -2.47. The lowest BCUT2D eigenvalue weighted by atomic mass is 9.79. The third-order valence-electron chi connectivity index (χ3n) is 4.86. The molecule has 1 unspecified atom stereocenters. The summed E-state index contributed by atoms with van der Waals surface area (Å²) in [6.45, 7) is 9.32. The fraction of sp³-hybridized carbons (Fsp3) is 0.684. The quantitative estimate of drug-likeness (QED) is 0.873. The average Bonchev–Trinajstić information content (AvgIpc) is 3.17. The van der Waals surface area contributed by atoms with Crippen molar-refractivity contribution >= 4 is 0 Å². The lowest BCUT2D eigenvalue weighted by molar-refractivity contribution is 0.137. The molecule has 0 bridgehead atoms. The van der Waals surface area contributed by atoms with Crippen molar-refractivity contribution in [3.05, 3.63) is 35.9 Å². The van der Waals surface area contributed by atoms with Gasteiger partial charge in [-0.1, -0.05) is 30.3 Å². The van der Waals surface area contributed by atoms with Gasteiger partial charge in [-0.25, -0.2) is 0 Å². The molecule has 1 heterocycles. The van der Waals surface area contributed by atoms with E-state index in [9.17, 15) is 0 Å². The molecule has 1 atom stereocenters. The van der Waals surface area contributed by atoms with Crippen LogP contribution in [0.4, 0.5) is 0 Å². The molecule has 0 radical (unpaired) electrons. The normalized spacial score (nSPS) is 26.5. The second-order valence-electron chi connectivity index (χ2n) is 8.39. The van der Waals surface area contributed by atoms with E-state index in [-0.39, 0.29) is 11.1 Å². The van der Waals surface area contributed by atoms with Gasteiger partial charge >= 0.3 is 0 Å². The predicted octanol–water partition coefficient (Wildman–Crippen LogP) is 4.04. The first-order valence-electron chi connectivity index (χ1n) is 8.45. The van der Waals surface area contributed by atoms with Crippen molar-refractivity contribution < 1.29 is 0 Å². The highest BCUT2D eigenvalue weighted by Gasteiger charge is 2.40. The van der Waals surface area contributed by atoms with E-state index in [2.05, 4.69) is 68.7 Å². The summed E-state index contributed by atoms with van der Waals surface area (Å²) in [5, 5.41) is 7.79. The standard InChI is InChI=1S/C19H30N2/c1-18(2)12-16(13-19(3,4)21-18)20-17(15-10-11-15)14-8-6-5-7-9-14/h5-9,15-17,20-21H,10-13H2,1-4H3. The van der Waals surface area contributed by atoms with Gasteiger partial charge in [0.05, 0.1) is 0 Å². The number of piperidine rings is 1. The summed E-state index contributed by atoms with van der Waals surface area (Å²) < 4.78 is 0. The highest BCUT2D eigenvalue weighted by molar-refractivity contribution is 5.21. The Labute approximate surface area is 129 Å². The highest BCUT2D eigenvalue weighted by Crippen LogP contribution is 2.42. The molecule has 1 aromatic carbocycles. The second-order valence-corrected chi connectivity index (χ2v) is 8.39. The van der Waals surface area contributed by atoms with Crippen molar-refractivity contribution in [1.82, 2.24) is 10.6 Å². The Morgan fingerprint density at radius 3 is 2.10 bits per heavy atom. The van der Waals surface area contributed by atoms with E-state index in [0.717, 1.165) is 5.92 Å². The minimum atomic E-state index is 0.213. The van der Waals surface area contributed by atoms with Crippen molar-refractivity contribution in [2.24, 2.45) is 5.92 Å². The molecule has 0 spiro atoms. The number of benzene rings is 1. The summed E-state index contributed by atoms with van der Waals surface area (Å²) in [7, 11) is 0. The largest absolute Gasteiger partial charge is 0.307 e. The van der Waals surface area contributed by atoms with Gasteiger partial charge in [0, 0.05) is 23.2 Å². The monoisotopic (exact) mass is 286 g/mol. The van der Waals surface area contributed by atoms with Crippen LogP contribution in [0.25, 0.3) is 0 Å². The molecular formula is C19H30N2. The molecule has 2 heteroatoms. The van der Waals surface area contributed by atoms with E-state index >= 15 is 0 Å². The van der Waals surface area contributed by atoms with Crippen molar-refractivity contribution in [3.63, 3.8) is 0 Å². The molecule has 2 fully saturated rings. The molecule has 2 N–H and O–H groups in total. The van der Waals surface area contributed by atoms with Crippen molar-refractivity contribution in [1.29, 1.82) is 0 Å². The first-order valence-corrected chi connectivity index (χ1v) is 8.45. The minimum absolute atomic E-state index is 0.213. The van der Waals surface area contributed by atoms with E-state index in [4.69, 9.17) is 0 Å². The van der Waals surface area contributed by atoms with Crippen LogP contribution in [-0.2, 0) is 0 Å². The molecule has 1 aliphatic carbocycles. The average molecular weight is 286 g/mol. The third-order valence-corrected chi connectivity index (χ3v) is 4.86. The molecule has 1 aromatic rings. The number of rotatable bonds is 4. The maximum absolute atomic E-state index is 4.01. The number of nitrogens with one attached hydrogen (secondary N) is 2. The van der Waals surface area contributed by atoms with Crippen LogP contribution >= 0.6 is 0 Å². The molecule has 3 rings (SSSR count). The fourth-order valence-corrected chi connectivity index (χ4v) is 4.29. The topological polar surface area (TPSA) is 24.1 Å². The SMILES string of the molecule is CC1(C)CC(NC(c2ccccc2)C2CC2)CC(C)(C)N1. The first kappa shape index (κ1) is 15.1. The number of hydrogen-bond donors (Lipinski definition) is 2. The zero-order chi connectivity index (χ0) is 15.1. The second kappa shape index (κ2) is 5.40. The van der Waals surface area contributed by atoms with E-state index < -0.39 is 0 Å². The van der Waals surface area contributed by atoms with Crippen molar-refractivity contribution in [2.75, 3.05) is 0 Å². The maximum Gasteiger partial charge on any atom is 0.0351 e. The van der Waals surface area contributed by atoms with Gasteiger partial charge in [-0.3, -0.25) is 0 Å². The van der Waals surface area contributed by atoms with Crippen molar-refractivity contribution in [3.8, 4) is 0 Å². The minimum Gasteiger partial charge on any atom is -0.307 e. The zero-order valence-electron chi connectivity index (χ0n) is 13.9. The van der Waals surface area contributed by atoms with Crippen LogP contribution in [0.1, 0.15) is 65.0 Å². The summed E-state index contributed by atoms with van der Waals surface area (Å²) in [6, 6.07) is 12.2. The van der Waals surface area contributed by atoms with Crippen LogP contribution in [0.3, 0.4) is 0 Å². The molecule has 1 saturated carbocycles. The number of hydrogen-bond acceptors (Lipinski definition) is 2. The molecule has 0 amide bonds. The molecule has 2 nitrogen and oxygen atoms in total. The van der Waals surface area contributed by atoms with Crippen LogP contribution in [0.2, 0.25) is 0 Å². The molecule has 1 saturated heterocycles. The van der Waals surface area contributed by atoms with Crippen LogP contribution < -0.4 is 10.6 Å². The molecule has 116 valence electrons. The highest BCUT2D eigenvalue weighted by atomic mass is 15.1. The summed E-state index contributed by atoms with van der Waals surface area (Å²) in [5.74, 6) is 0.841. The van der Waals surface area contributed by atoms with E-state index in [1.54, 1.807) is 0 Å². The first-order chi connectivity index (χ1) is 9.85. The molecule has 1 aliphatic heterocycles. The smallest absolute Gasteiger partial charge is 0.0351 e. The van der Waals surface area contributed by atoms with Crippen molar-refractivity contribution in [2.45, 2.75) is 76.5 Å². The van der Waals surface area contributed by atoms with Crippen LogP contribution in [0.5, 0.6) is 0 Å². The summed E-state index contributed by atoms with van der Waals surface area (Å²) in [5.41, 5.74) is 1.89. The Hall–Kier alpha value is -0.860. The van der Waals surface area contributed by atoms with Crippen LogP contribution in [0.15, 0.2) is 30.3 Å². The van der Waals surface area contributed by atoms with Gasteiger partial charge in [0.15, 0.2) is 0 Å². The Kier molecular flexibility index (Phi) is 3.87. The Bertz CT molecular complexity index is 458. The fourth-order valence-electron chi connectivity index (χ4n) is 4.29. The third kappa shape index (κ3) is 3.87. The van der Waals surface area contributed by atoms with Gasteiger partial charge < -0.3 is 10.6 Å². The van der Waals surface area contributed by atoms with Gasteiger partial charge in [-0.15, -0.1) is 0 Å². The van der Waals surface area contributed by atoms with Gasteiger partial charge in [0.2, 0.25) is 0 Å². The summed E-state index contributed by atoms with van der Waals surface area (Å²) >= 11 is 0. The van der Waals surface area contributed by atoms with Gasteiger partial charge in [-0.05, 0) is 64.9 Å². The molecule has 2 aliphatic rings. The van der Waals surface area contributed by atoms with Crippen LogP contribution in [-0.4, -0.2) is 17.1 Å². The Balaban J connectivity index is 1.74. The maximum atomic E-state index is 4.01. The van der Waals surface area contributed by atoms with Gasteiger partial charge in [0.25, 0.3) is 0 Å². The summed E-state index contributed by atoms with van der Waals surface area (Å²) in [6.07, 6.45) is 5.16. The molecule has 0 aromatic heterocycles. The zero-order valence-corrected chi connectivity index (χ0v) is 13.9. The van der Waals surface area contributed by atoms with Gasteiger partial charge in [0.1, 0.15) is 0 Å². The summed E-state index contributed by atoms with van der Waals surface area (Å²) in [4.78, 5) is 0. The Morgan fingerprint density at radius 2 is 1.57 bits per heavy atom. The van der Waals surface area contributed by atoms with E-state index in [1.165, 1.54) is 31.2 Å².